The van der Waals surface area contributed by atoms with E-state index in [9.17, 15) is 4.79 Å². The van der Waals surface area contributed by atoms with Gasteiger partial charge in [-0.3, -0.25) is 10.3 Å². The fraction of sp³-hybridized carbons (Fsp3) is 0.417. The molecule has 1 N–H and O–H groups in total. The van der Waals surface area contributed by atoms with Crippen molar-refractivity contribution in [1.29, 1.82) is 5.26 Å². The summed E-state index contributed by atoms with van der Waals surface area (Å²) in [5.41, 5.74) is 0.478. The largest absolute Gasteiger partial charge is 0.444 e. The average Bonchev–Trinajstić information content (AvgIpc) is 2.18. The van der Waals surface area contributed by atoms with Gasteiger partial charge in [-0.05, 0) is 32.9 Å². The summed E-state index contributed by atoms with van der Waals surface area (Å²) in [7, 11) is 0. The fourth-order valence-electron chi connectivity index (χ4n) is 1.18. The molecule has 1 heterocycles. The van der Waals surface area contributed by atoms with Gasteiger partial charge in [-0.1, -0.05) is 0 Å². The first-order chi connectivity index (χ1) is 7.92. The number of nitriles is 1. The van der Waals surface area contributed by atoms with E-state index < -0.39 is 11.7 Å². The number of anilines is 1. The van der Waals surface area contributed by atoms with Gasteiger partial charge in [0.2, 0.25) is 0 Å². The SMILES string of the molecule is CC(C)(C)OC(=O)Nc1cccnc1CC#N. The maximum atomic E-state index is 11.5. The van der Waals surface area contributed by atoms with Crippen molar-refractivity contribution in [3.05, 3.63) is 24.0 Å². The minimum Gasteiger partial charge on any atom is -0.444 e. The van der Waals surface area contributed by atoms with Crippen LogP contribution >= 0.6 is 0 Å². The van der Waals surface area contributed by atoms with E-state index in [0.717, 1.165) is 0 Å². The summed E-state index contributed by atoms with van der Waals surface area (Å²) in [5.74, 6) is 0. The van der Waals surface area contributed by atoms with E-state index in [1.54, 1.807) is 39.1 Å². The molecular formula is C12H15N3O2. The highest BCUT2D eigenvalue weighted by molar-refractivity contribution is 5.85. The maximum Gasteiger partial charge on any atom is 0.412 e. The lowest BCUT2D eigenvalue weighted by Gasteiger charge is -2.20. The molecule has 0 aliphatic rings. The molecule has 0 fully saturated rings. The Bertz CT molecular complexity index is 444. The summed E-state index contributed by atoms with van der Waals surface area (Å²) < 4.78 is 5.11. The van der Waals surface area contributed by atoms with Crippen LogP contribution < -0.4 is 5.32 Å². The van der Waals surface area contributed by atoms with Crippen molar-refractivity contribution in [2.75, 3.05) is 5.32 Å². The smallest absolute Gasteiger partial charge is 0.412 e. The molecule has 5 nitrogen and oxygen atoms in total. The molecule has 0 spiro atoms. The highest BCUT2D eigenvalue weighted by Crippen LogP contribution is 2.15. The monoisotopic (exact) mass is 233 g/mol. The molecule has 0 bridgehead atoms. The van der Waals surface area contributed by atoms with Crippen LogP contribution in [0.2, 0.25) is 0 Å². The molecule has 17 heavy (non-hydrogen) atoms. The minimum absolute atomic E-state index is 0.145. The minimum atomic E-state index is -0.554. The Morgan fingerprint density at radius 2 is 2.29 bits per heavy atom. The molecule has 1 rings (SSSR count). The van der Waals surface area contributed by atoms with Gasteiger partial charge in [0.1, 0.15) is 5.60 Å². The summed E-state index contributed by atoms with van der Waals surface area (Å²) in [6, 6.07) is 5.36. The van der Waals surface area contributed by atoms with Crippen LogP contribution in [-0.2, 0) is 11.2 Å². The van der Waals surface area contributed by atoms with Crippen molar-refractivity contribution in [1.82, 2.24) is 4.98 Å². The lowest BCUT2D eigenvalue weighted by molar-refractivity contribution is 0.0635. The number of carbonyl (C=O) groups excluding carboxylic acids is 1. The Balaban J connectivity index is 2.75. The van der Waals surface area contributed by atoms with Gasteiger partial charge in [-0.15, -0.1) is 0 Å². The molecule has 1 amide bonds. The molecule has 0 unspecified atom stereocenters. The van der Waals surface area contributed by atoms with Crippen LogP contribution in [0.3, 0.4) is 0 Å². The second-order valence-corrected chi connectivity index (χ2v) is 4.46. The summed E-state index contributed by atoms with van der Waals surface area (Å²) in [4.78, 5) is 15.6. The number of nitrogens with one attached hydrogen (secondary N) is 1. The summed E-state index contributed by atoms with van der Waals surface area (Å²) in [6.45, 7) is 5.35. The van der Waals surface area contributed by atoms with Gasteiger partial charge in [0.25, 0.3) is 0 Å². The van der Waals surface area contributed by atoms with Gasteiger partial charge in [0.05, 0.1) is 23.9 Å². The van der Waals surface area contributed by atoms with Gasteiger partial charge in [0, 0.05) is 6.20 Å². The number of pyridine rings is 1. The molecule has 0 radical (unpaired) electrons. The van der Waals surface area contributed by atoms with E-state index in [0.29, 0.717) is 11.4 Å². The van der Waals surface area contributed by atoms with Crippen LogP contribution in [0, 0.1) is 11.3 Å². The second-order valence-electron chi connectivity index (χ2n) is 4.46. The van der Waals surface area contributed by atoms with Crippen LogP contribution in [0.5, 0.6) is 0 Å². The normalized spacial score (nSPS) is 10.5. The Morgan fingerprint density at radius 3 is 2.88 bits per heavy atom. The number of nitrogens with zero attached hydrogens (tertiary/aromatic N) is 2. The summed E-state index contributed by atoms with van der Waals surface area (Å²) in [5, 5.41) is 11.2. The van der Waals surface area contributed by atoms with Crippen molar-refractivity contribution >= 4 is 11.8 Å². The first-order valence-electron chi connectivity index (χ1n) is 5.23. The third kappa shape index (κ3) is 4.51. The van der Waals surface area contributed by atoms with Gasteiger partial charge in [-0.25, -0.2) is 4.79 Å². The summed E-state index contributed by atoms with van der Waals surface area (Å²) in [6.07, 6.45) is 1.17. The van der Waals surface area contributed by atoms with Crippen LogP contribution in [0.4, 0.5) is 10.5 Å². The Hall–Kier alpha value is -2.09. The molecule has 1 aromatic heterocycles. The van der Waals surface area contributed by atoms with Gasteiger partial charge in [0.15, 0.2) is 0 Å². The van der Waals surface area contributed by atoms with Crippen LogP contribution in [0.25, 0.3) is 0 Å². The third-order valence-corrected chi connectivity index (χ3v) is 1.77. The first-order valence-corrected chi connectivity index (χ1v) is 5.23. The van der Waals surface area contributed by atoms with Crippen molar-refractivity contribution in [3.8, 4) is 6.07 Å². The number of hydrogen-bond donors (Lipinski definition) is 1. The standard InChI is InChI=1S/C12H15N3O2/c1-12(2,3)17-11(16)15-10-5-4-8-14-9(10)6-7-13/h4-5,8H,6H2,1-3H3,(H,15,16). The zero-order valence-electron chi connectivity index (χ0n) is 10.2. The van der Waals surface area contributed by atoms with Gasteiger partial charge >= 0.3 is 6.09 Å². The molecule has 0 aromatic carbocycles. The molecule has 0 aliphatic heterocycles. The number of carbonyl (C=O) groups is 1. The van der Waals surface area contributed by atoms with Crippen molar-refractivity contribution < 1.29 is 9.53 Å². The van der Waals surface area contributed by atoms with E-state index in [1.165, 1.54) is 0 Å². The number of aromatic nitrogens is 1. The lowest BCUT2D eigenvalue weighted by atomic mass is 10.2. The Morgan fingerprint density at radius 1 is 1.59 bits per heavy atom. The second kappa shape index (κ2) is 5.30. The number of hydrogen-bond acceptors (Lipinski definition) is 4. The zero-order chi connectivity index (χ0) is 12.9. The zero-order valence-corrected chi connectivity index (χ0v) is 10.2. The van der Waals surface area contributed by atoms with E-state index in [2.05, 4.69) is 10.3 Å². The molecular weight excluding hydrogens is 218 g/mol. The van der Waals surface area contributed by atoms with E-state index in [-0.39, 0.29) is 6.42 Å². The fourth-order valence-corrected chi connectivity index (χ4v) is 1.18. The average molecular weight is 233 g/mol. The van der Waals surface area contributed by atoms with Crippen LogP contribution in [-0.4, -0.2) is 16.7 Å². The molecule has 90 valence electrons. The Labute approximate surface area is 100 Å². The van der Waals surface area contributed by atoms with E-state index in [1.807, 2.05) is 6.07 Å². The quantitative estimate of drug-likeness (QED) is 0.851. The van der Waals surface area contributed by atoms with E-state index >= 15 is 0 Å². The van der Waals surface area contributed by atoms with E-state index in [4.69, 9.17) is 10.00 Å². The topological polar surface area (TPSA) is 75.0 Å². The predicted octanol–water partition coefficient (Wildman–Crippen LogP) is 2.49. The molecule has 0 atom stereocenters. The summed E-state index contributed by atoms with van der Waals surface area (Å²) >= 11 is 0. The third-order valence-electron chi connectivity index (χ3n) is 1.77. The Kier molecular flexibility index (Phi) is 4.05. The highest BCUT2D eigenvalue weighted by Gasteiger charge is 2.17. The van der Waals surface area contributed by atoms with Crippen LogP contribution in [0.15, 0.2) is 18.3 Å². The van der Waals surface area contributed by atoms with Crippen molar-refractivity contribution in [2.45, 2.75) is 32.8 Å². The van der Waals surface area contributed by atoms with Crippen molar-refractivity contribution in [2.24, 2.45) is 0 Å². The maximum absolute atomic E-state index is 11.5. The lowest BCUT2D eigenvalue weighted by Crippen LogP contribution is -2.27. The number of amides is 1. The molecule has 0 aliphatic carbocycles. The van der Waals surface area contributed by atoms with Crippen LogP contribution in [0.1, 0.15) is 26.5 Å². The molecule has 1 aromatic rings. The first kappa shape index (κ1) is 13.0. The predicted molar refractivity (Wildman–Crippen MR) is 63.4 cm³/mol. The molecule has 5 heteroatoms. The molecule has 0 saturated carbocycles. The number of rotatable bonds is 2. The number of ether oxygens (including phenoxy) is 1. The molecule has 0 saturated heterocycles. The van der Waals surface area contributed by atoms with Gasteiger partial charge in [-0.2, -0.15) is 5.26 Å². The highest BCUT2D eigenvalue weighted by atomic mass is 16.6. The van der Waals surface area contributed by atoms with Crippen molar-refractivity contribution in [3.63, 3.8) is 0 Å². The van der Waals surface area contributed by atoms with Gasteiger partial charge < -0.3 is 4.74 Å².